The van der Waals surface area contributed by atoms with Crippen molar-refractivity contribution in [2.75, 3.05) is 65.5 Å². The predicted octanol–water partition coefficient (Wildman–Crippen LogP) is 9.66. The van der Waals surface area contributed by atoms with Gasteiger partial charge in [-0.3, -0.25) is 19.4 Å². The minimum atomic E-state index is -2.46. The molecule has 1 spiro atoms. The highest BCUT2D eigenvalue weighted by Gasteiger charge is 2.81. The number of nitrogens with one attached hydrogen (secondary N) is 2. The standard InChI is InChI=1S/C63H87N5O9S/c1-7-10-11-12-13-14-15-16-17-18-19-20-21-22-23-26-33-64-58(78)77-55-60(9-3)31-27-34-67-36-32-61(53(60)67)47-37-48(51(74-4)38-50(47)68(43-69)54(61)63(55,73)57(71)76-6)62(56(70)75-5)40-44-39-59(72,8-2)42-66(41-44)35-30-46-45-28-24-25-29-49(45)65-52(46)62/h13-14,16-17,24-25,27-29,31,37-38,43-44,53-55,65,72-73H,7-12,15,18-23,26,30,32-36,39-42H2,1-6H3,(H,64,78)/b14-13-,17-16-/t44?,53-,54+,55+,59-,60+,61+,62-,63-/m0/s1. The maximum Gasteiger partial charge on any atom is 0.344 e. The number of hydrogen-bond donors (Lipinski definition) is 4. The van der Waals surface area contributed by atoms with E-state index in [2.05, 4.69) is 69.5 Å². The highest BCUT2D eigenvalue weighted by Crippen LogP contribution is 2.68. The van der Waals surface area contributed by atoms with Crippen LogP contribution in [0.3, 0.4) is 0 Å². The van der Waals surface area contributed by atoms with E-state index in [9.17, 15) is 19.8 Å². The van der Waals surface area contributed by atoms with Crippen molar-refractivity contribution in [1.82, 2.24) is 20.1 Å². The van der Waals surface area contributed by atoms with Crippen molar-refractivity contribution < 1.29 is 43.5 Å². The minimum absolute atomic E-state index is 0.0662. The molecule has 1 saturated carbocycles. The number of benzene rings is 2. The van der Waals surface area contributed by atoms with Crippen molar-refractivity contribution in [2.24, 2.45) is 11.3 Å². The first-order valence-corrected chi connectivity index (χ1v) is 29.8. The summed E-state index contributed by atoms with van der Waals surface area (Å²) < 4.78 is 24.9. The van der Waals surface area contributed by atoms with E-state index in [0.29, 0.717) is 106 Å². The van der Waals surface area contributed by atoms with Gasteiger partial charge in [0, 0.05) is 77.8 Å². The number of rotatable bonds is 23. The van der Waals surface area contributed by atoms with Crippen LogP contribution in [0.1, 0.15) is 152 Å². The summed E-state index contributed by atoms with van der Waals surface area (Å²) >= 11 is 5.98. The van der Waals surface area contributed by atoms with E-state index in [4.69, 9.17) is 31.2 Å². The van der Waals surface area contributed by atoms with E-state index < -0.39 is 57.6 Å². The Morgan fingerprint density at radius 3 is 2.29 bits per heavy atom. The van der Waals surface area contributed by atoms with Gasteiger partial charge >= 0.3 is 11.9 Å². The lowest BCUT2D eigenvalue weighted by molar-refractivity contribution is -0.214. The normalized spacial score (nSPS) is 31.0. The van der Waals surface area contributed by atoms with Crippen molar-refractivity contribution in [1.29, 1.82) is 0 Å². The van der Waals surface area contributed by atoms with Gasteiger partial charge in [0.2, 0.25) is 12.0 Å². The molecule has 1 amide bonds. The molecule has 1 aromatic heterocycles. The van der Waals surface area contributed by atoms with Crippen molar-refractivity contribution >= 4 is 52.3 Å². The maximum absolute atomic E-state index is 15.6. The van der Waals surface area contributed by atoms with Gasteiger partial charge in [0.25, 0.3) is 5.17 Å². The third-order valence-corrected chi connectivity index (χ3v) is 19.3. The lowest BCUT2D eigenvalue weighted by Gasteiger charge is -2.63. The second kappa shape index (κ2) is 24.3. The smallest absolute Gasteiger partial charge is 0.344 e. The SMILES string of the molecule is CCCCC/C=C\C/C=C\CCCCCCCCNC(=S)O[C@@H]1[C@]2(CC)C=CCN3CC[C@@]4(c5cc([C@@]6(C(=O)OC)CC7CN(CCc8c6[nH]c6ccccc86)C[C@](O)(CC)C7)c(OC)cc5N(C=O)[C@H]4[C@@]1(O)C(=O)OC)[C@@H]32. The molecule has 2 unspecified atom stereocenters. The number of hydrogen-bond acceptors (Lipinski definition) is 12. The second-order valence-corrected chi connectivity index (χ2v) is 23.8. The number of esters is 2. The van der Waals surface area contributed by atoms with Crippen LogP contribution in [0.5, 0.6) is 5.75 Å². The fourth-order valence-corrected chi connectivity index (χ4v) is 15.8. The van der Waals surface area contributed by atoms with Crippen LogP contribution in [0.25, 0.3) is 10.9 Å². The van der Waals surface area contributed by atoms with Crippen LogP contribution >= 0.6 is 12.2 Å². The Bertz CT molecular complexity index is 2740. The third kappa shape index (κ3) is 10.0. The molecule has 1 aliphatic carbocycles. The molecule has 4 N–H and O–H groups in total. The highest BCUT2D eigenvalue weighted by molar-refractivity contribution is 7.80. The zero-order valence-corrected chi connectivity index (χ0v) is 48.1. The van der Waals surface area contributed by atoms with Crippen LogP contribution in [0.15, 0.2) is 72.9 Å². The molecule has 2 saturated heterocycles. The number of H-pyrrole nitrogens is 1. The summed E-state index contributed by atoms with van der Waals surface area (Å²) in [6.07, 6.45) is 29.2. The number of aromatic amines is 1. The number of nitrogens with zero attached hydrogens (tertiary/aromatic N) is 3. The number of aliphatic hydroxyl groups is 2. The number of thiocarbonyl (C=S) groups is 1. The lowest BCUT2D eigenvalue weighted by Crippen LogP contribution is -2.81. The Hall–Kier alpha value is -5.06. The molecule has 0 radical (unpaired) electrons. The van der Waals surface area contributed by atoms with Crippen LogP contribution < -0.4 is 15.0 Å². The molecule has 9 rings (SSSR count). The topological polar surface area (TPSA) is 166 Å². The first-order valence-electron chi connectivity index (χ1n) is 29.4. The zero-order chi connectivity index (χ0) is 55.3. The molecule has 14 nitrogen and oxygen atoms in total. The summed E-state index contributed by atoms with van der Waals surface area (Å²) in [6, 6.07) is 10.3. The first kappa shape index (κ1) is 57.6. The summed E-state index contributed by atoms with van der Waals surface area (Å²) in [7, 11) is 4.24. The summed E-state index contributed by atoms with van der Waals surface area (Å²) in [5.74, 6) is -1.23. The molecular weight excluding hydrogens is 1000 g/mol. The molecule has 3 fully saturated rings. The number of carbonyl (C=O) groups excluding carboxylic acids is 3. The van der Waals surface area contributed by atoms with Gasteiger partial charge in [0.05, 0.1) is 38.7 Å². The average molecular weight is 1090 g/mol. The number of aromatic nitrogens is 1. The summed E-state index contributed by atoms with van der Waals surface area (Å²) in [5.41, 5.74) is -2.78. The highest BCUT2D eigenvalue weighted by atomic mass is 32.1. The van der Waals surface area contributed by atoms with Crippen LogP contribution in [-0.2, 0) is 45.8 Å². The van der Waals surface area contributed by atoms with Crippen molar-refractivity contribution in [2.45, 2.75) is 177 Å². The number of amides is 1. The molecule has 2 bridgehead atoms. The minimum Gasteiger partial charge on any atom is -0.496 e. The fourth-order valence-electron chi connectivity index (χ4n) is 15.7. The number of unbranched alkanes of at least 4 members (excludes halogenated alkanes) is 9. The second-order valence-electron chi connectivity index (χ2n) is 23.4. The van der Waals surface area contributed by atoms with Crippen LogP contribution in [-0.4, -0.2) is 139 Å². The van der Waals surface area contributed by atoms with E-state index in [1.807, 2.05) is 44.2 Å². The number of para-hydroxylation sites is 1. The molecule has 15 heteroatoms. The average Bonchev–Trinajstić information content (AvgIpc) is 4.13. The van der Waals surface area contributed by atoms with E-state index in [0.717, 1.165) is 55.0 Å². The van der Waals surface area contributed by atoms with Crippen LogP contribution in [0.4, 0.5) is 5.69 Å². The van der Waals surface area contributed by atoms with Gasteiger partial charge < -0.3 is 44.4 Å². The molecule has 6 aliphatic rings. The number of anilines is 1. The molecule has 6 heterocycles. The summed E-state index contributed by atoms with van der Waals surface area (Å²) in [4.78, 5) is 54.6. The summed E-state index contributed by atoms with van der Waals surface area (Å²) in [5, 5.41) is 30.4. The van der Waals surface area contributed by atoms with E-state index in [1.54, 1.807) is 7.11 Å². The van der Waals surface area contributed by atoms with Crippen molar-refractivity contribution in [3.8, 4) is 5.75 Å². The molecule has 3 aromatic rings. The molecule has 78 heavy (non-hydrogen) atoms. The number of methoxy groups -OCH3 is 3. The van der Waals surface area contributed by atoms with Gasteiger partial charge in [-0.05, 0) is 125 Å². The fraction of sp³-hybridized carbons (Fsp3) is 0.619. The monoisotopic (exact) mass is 1090 g/mol. The number of allylic oxidation sites excluding steroid dienone is 4. The van der Waals surface area contributed by atoms with E-state index >= 15 is 4.79 Å². The van der Waals surface area contributed by atoms with Gasteiger partial charge in [-0.1, -0.05) is 114 Å². The predicted molar refractivity (Wildman–Crippen MR) is 310 cm³/mol. The van der Waals surface area contributed by atoms with Gasteiger partial charge in [0.1, 0.15) is 11.2 Å². The molecule has 10 atom stereocenters. The number of piperidine rings is 1. The van der Waals surface area contributed by atoms with E-state index in [1.165, 1.54) is 57.6 Å². The number of carbonyl (C=O) groups is 3. The molecule has 2 aromatic carbocycles. The molecular formula is C63H87N5O9S. The third-order valence-electron chi connectivity index (χ3n) is 19.1. The van der Waals surface area contributed by atoms with E-state index in [-0.39, 0.29) is 17.5 Å². The van der Waals surface area contributed by atoms with Gasteiger partial charge in [-0.15, -0.1) is 0 Å². The van der Waals surface area contributed by atoms with Gasteiger partial charge in [-0.25, -0.2) is 4.79 Å². The molecule has 5 aliphatic heterocycles. The summed E-state index contributed by atoms with van der Waals surface area (Å²) in [6.45, 7) is 9.93. The Labute approximate surface area is 468 Å². The first-order chi connectivity index (χ1) is 37.8. The van der Waals surface area contributed by atoms with Gasteiger partial charge in [0.15, 0.2) is 6.10 Å². The number of ether oxygens (including phenoxy) is 4. The van der Waals surface area contributed by atoms with Gasteiger partial charge in [-0.2, -0.15) is 0 Å². The Balaban J connectivity index is 1.05. The Kier molecular flexibility index (Phi) is 18.0. The van der Waals surface area contributed by atoms with Crippen molar-refractivity contribution in [3.05, 3.63) is 95.2 Å². The lowest BCUT2D eigenvalue weighted by atomic mass is 9.47. The van der Waals surface area contributed by atoms with Crippen molar-refractivity contribution in [3.63, 3.8) is 0 Å². The zero-order valence-electron chi connectivity index (χ0n) is 47.3. The quantitative estimate of drug-likeness (QED) is 0.0233. The Morgan fingerprint density at radius 2 is 1.59 bits per heavy atom. The number of fused-ring (bicyclic) bond motifs is 6. The van der Waals surface area contributed by atoms with Crippen LogP contribution in [0.2, 0.25) is 0 Å². The van der Waals surface area contributed by atoms with Crippen LogP contribution in [0, 0.1) is 11.3 Å². The maximum atomic E-state index is 15.6. The largest absolute Gasteiger partial charge is 0.496 e. The molecule has 424 valence electrons. The Morgan fingerprint density at radius 1 is 0.859 bits per heavy atom.